The molecule has 1 amide bonds. The number of rotatable bonds is 5. The smallest absolute Gasteiger partial charge is 0.278 e. The summed E-state index contributed by atoms with van der Waals surface area (Å²) in [5.74, 6) is -0.372. The van der Waals surface area contributed by atoms with Gasteiger partial charge in [0.1, 0.15) is 16.7 Å². The van der Waals surface area contributed by atoms with Crippen LogP contribution in [0.25, 0.3) is 16.9 Å². The zero-order valence-electron chi connectivity index (χ0n) is 17.8. The summed E-state index contributed by atoms with van der Waals surface area (Å²) >= 11 is 1.23. The lowest BCUT2D eigenvalue weighted by molar-refractivity contribution is 0.101. The molecule has 1 aliphatic heterocycles. The normalized spacial score (nSPS) is 16.0. The Morgan fingerprint density at radius 1 is 1.18 bits per heavy atom. The summed E-state index contributed by atoms with van der Waals surface area (Å²) in [6, 6.07) is 13.4. The second-order valence-electron chi connectivity index (χ2n) is 7.64. The van der Waals surface area contributed by atoms with E-state index < -0.39 is 11.8 Å². The molecule has 1 unspecified atom stereocenters. The molecule has 0 aliphatic carbocycles. The van der Waals surface area contributed by atoms with Crippen LogP contribution in [0.2, 0.25) is 0 Å². The Hall–Kier alpha value is -3.66. The number of benzene rings is 1. The van der Waals surface area contributed by atoms with Crippen molar-refractivity contribution in [2.45, 2.75) is 11.8 Å². The van der Waals surface area contributed by atoms with Gasteiger partial charge < -0.3 is 14.6 Å². The van der Waals surface area contributed by atoms with Crippen LogP contribution in [0.3, 0.4) is 0 Å². The van der Waals surface area contributed by atoms with Crippen LogP contribution in [0.15, 0.2) is 72.2 Å². The lowest BCUT2D eigenvalue weighted by atomic mass is 10.2. The standard InChI is InChI=1S/C23H20F2N6OS/c1-29-18(21(24)25)13-33-23(29)16-11-26-30(2)20(16)22(32)27-15-8-9-31-12-17(28-19(31)10-15)14-6-4-3-5-7-14/h3-13,21,23H,1-2H3,(H,27,32). The number of fused-ring (bicyclic) bond motifs is 1. The van der Waals surface area contributed by atoms with Crippen LogP contribution in [0, 0.1) is 0 Å². The summed E-state index contributed by atoms with van der Waals surface area (Å²) < 4.78 is 29.8. The molecule has 0 bridgehead atoms. The number of nitrogens with zero attached hydrogens (tertiary/aromatic N) is 5. The maximum absolute atomic E-state index is 13.2. The van der Waals surface area contributed by atoms with Gasteiger partial charge in [0.15, 0.2) is 0 Å². The molecule has 10 heteroatoms. The van der Waals surface area contributed by atoms with Gasteiger partial charge in [-0.1, -0.05) is 30.3 Å². The monoisotopic (exact) mass is 466 g/mol. The van der Waals surface area contributed by atoms with Crippen LogP contribution in [0.1, 0.15) is 21.4 Å². The zero-order valence-corrected chi connectivity index (χ0v) is 18.6. The minimum Gasteiger partial charge on any atom is -0.356 e. The number of carbonyl (C=O) groups excluding carboxylic acids is 1. The summed E-state index contributed by atoms with van der Waals surface area (Å²) in [5.41, 5.74) is 3.91. The van der Waals surface area contributed by atoms with E-state index in [1.54, 1.807) is 32.4 Å². The first-order valence-corrected chi connectivity index (χ1v) is 11.1. The number of thioether (sulfide) groups is 1. The van der Waals surface area contributed by atoms with Crippen molar-refractivity contribution in [3.63, 3.8) is 0 Å². The number of aromatic nitrogens is 4. The van der Waals surface area contributed by atoms with E-state index in [-0.39, 0.29) is 11.6 Å². The summed E-state index contributed by atoms with van der Waals surface area (Å²) in [6.45, 7) is 0. The highest BCUT2D eigenvalue weighted by Crippen LogP contribution is 2.44. The number of aryl methyl sites for hydroxylation is 1. The number of hydrogen-bond acceptors (Lipinski definition) is 5. The maximum Gasteiger partial charge on any atom is 0.278 e. The molecule has 168 valence electrons. The molecule has 3 aromatic heterocycles. The van der Waals surface area contributed by atoms with Crippen LogP contribution in [0.5, 0.6) is 0 Å². The number of pyridine rings is 1. The van der Waals surface area contributed by atoms with Crippen molar-refractivity contribution in [1.82, 2.24) is 24.1 Å². The lowest BCUT2D eigenvalue weighted by Crippen LogP contribution is -2.24. The molecule has 0 radical (unpaired) electrons. The molecule has 1 atom stereocenters. The van der Waals surface area contributed by atoms with Crippen LogP contribution in [0.4, 0.5) is 14.5 Å². The third-order valence-electron chi connectivity index (χ3n) is 5.54. The van der Waals surface area contributed by atoms with E-state index in [1.165, 1.54) is 26.8 Å². The lowest BCUT2D eigenvalue weighted by Gasteiger charge is -2.24. The highest BCUT2D eigenvalue weighted by Gasteiger charge is 2.34. The van der Waals surface area contributed by atoms with Crippen LogP contribution in [-0.4, -0.2) is 43.4 Å². The SMILES string of the molecule is CN1C(C(F)F)=CSC1c1cnn(C)c1C(=O)Nc1ccn2cc(-c3ccccc3)nc2c1. The molecule has 0 fully saturated rings. The van der Waals surface area contributed by atoms with Gasteiger partial charge in [0.25, 0.3) is 12.3 Å². The quantitative estimate of drug-likeness (QED) is 0.459. The maximum atomic E-state index is 13.2. The number of allylic oxidation sites excluding steroid dienone is 1. The van der Waals surface area contributed by atoms with E-state index in [4.69, 9.17) is 0 Å². The number of hydrogen-bond donors (Lipinski definition) is 1. The summed E-state index contributed by atoms with van der Waals surface area (Å²) in [7, 11) is 3.25. The Bertz CT molecular complexity index is 1360. The van der Waals surface area contributed by atoms with E-state index in [1.807, 2.05) is 47.1 Å². The van der Waals surface area contributed by atoms with Gasteiger partial charge in [-0.3, -0.25) is 9.48 Å². The van der Waals surface area contributed by atoms with Gasteiger partial charge in [-0.25, -0.2) is 13.8 Å². The van der Waals surface area contributed by atoms with E-state index in [2.05, 4.69) is 15.4 Å². The van der Waals surface area contributed by atoms with Gasteiger partial charge in [0.2, 0.25) is 0 Å². The van der Waals surface area contributed by atoms with Crippen molar-refractivity contribution in [3.05, 3.63) is 83.4 Å². The summed E-state index contributed by atoms with van der Waals surface area (Å²) in [6.07, 6.45) is 2.72. The number of alkyl halides is 2. The van der Waals surface area contributed by atoms with Crippen LogP contribution >= 0.6 is 11.8 Å². The molecule has 1 aromatic carbocycles. The van der Waals surface area contributed by atoms with E-state index in [9.17, 15) is 13.6 Å². The average molecular weight is 467 g/mol. The fraction of sp³-hybridized carbons (Fsp3) is 0.174. The second-order valence-corrected chi connectivity index (χ2v) is 8.60. The van der Waals surface area contributed by atoms with Gasteiger partial charge in [0.05, 0.1) is 17.6 Å². The van der Waals surface area contributed by atoms with Crippen molar-refractivity contribution in [1.29, 1.82) is 0 Å². The molecule has 0 saturated heterocycles. The van der Waals surface area contributed by atoms with Crippen molar-refractivity contribution < 1.29 is 13.6 Å². The van der Waals surface area contributed by atoms with Crippen molar-refractivity contribution >= 4 is 29.0 Å². The minimum absolute atomic E-state index is 0.0702. The largest absolute Gasteiger partial charge is 0.356 e. The molecule has 0 saturated carbocycles. The number of nitrogens with one attached hydrogen (secondary N) is 1. The Morgan fingerprint density at radius 2 is 1.97 bits per heavy atom. The van der Waals surface area contributed by atoms with Crippen molar-refractivity contribution in [3.8, 4) is 11.3 Å². The predicted molar refractivity (Wildman–Crippen MR) is 124 cm³/mol. The topological polar surface area (TPSA) is 67.5 Å². The first kappa shape index (κ1) is 21.2. The van der Waals surface area contributed by atoms with Crippen LogP contribution < -0.4 is 5.32 Å². The highest BCUT2D eigenvalue weighted by molar-refractivity contribution is 8.02. The number of anilines is 1. The Morgan fingerprint density at radius 3 is 2.70 bits per heavy atom. The fourth-order valence-electron chi connectivity index (χ4n) is 3.84. The first-order chi connectivity index (χ1) is 15.9. The van der Waals surface area contributed by atoms with E-state index in [0.717, 1.165) is 11.3 Å². The van der Waals surface area contributed by atoms with Gasteiger partial charge in [-0.15, -0.1) is 11.8 Å². The molecule has 4 aromatic rings. The molecule has 0 spiro atoms. The number of imidazole rings is 1. The fourth-order valence-corrected chi connectivity index (χ4v) is 5.00. The summed E-state index contributed by atoms with van der Waals surface area (Å²) in [5, 5.41) is 8.08. The molecule has 1 aliphatic rings. The Labute approximate surface area is 192 Å². The zero-order chi connectivity index (χ0) is 23.1. The molecule has 4 heterocycles. The molecular formula is C23H20F2N6OS. The molecule has 33 heavy (non-hydrogen) atoms. The van der Waals surface area contributed by atoms with Crippen LogP contribution in [-0.2, 0) is 7.05 Å². The molecule has 7 nitrogen and oxygen atoms in total. The summed E-state index contributed by atoms with van der Waals surface area (Å²) in [4.78, 5) is 19.3. The number of carbonyl (C=O) groups is 1. The minimum atomic E-state index is -2.58. The molecular weight excluding hydrogens is 446 g/mol. The predicted octanol–water partition coefficient (Wildman–Crippen LogP) is 4.77. The third-order valence-corrected chi connectivity index (χ3v) is 6.74. The third kappa shape index (κ3) is 3.86. The molecule has 1 N–H and O–H groups in total. The Balaban J connectivity index is 1.40. The molecule has 5 rings (SSSR count). The number of halogens is 2. The second kappa shape index (κ2) is 8.36. The first-order valence-electron chi connectivity index (χ1n) is 10.2. The van der Waals surface area contributed by atoms with Gasteiger partial charge in [-0.2, -0.15) is 5.10 Å². The highest BCUT2D eigenvalue weighted by atomic mass is 32.2. The van der Waals surface area contributed by atoms with E-state index in [0.29, 0.717) is 22.6 Å². The van der Waals surface area contributed by atoms with E-state index >= 15 is 0 Å². The average Bonchev–Trinajstić information content (AvgIpc) is 3.50. The van der Waals surface area contributed by atoms with Crippen molar-refractivity contribution in [2.75, 3.05) is 12.4 Å². The van der Waals surface area contributed by atoms with Crippen molar-refractivity contribution in [2.24, 2.45) is 7.05 Å². The van der Waals surface area contributed by atoms with Gasteiger partial charge in [-0.05, 0) is 11.5 Å². The van der Waals surface area contributed by atoms with Gasteiger partial charge in [0, 0.05) is 49.4 Å². The van der Waals surface area contributed by atoms with Gasteiger partial charge >= 0.3 is 0 Å². The Kier molecular flexibility index (Phi) is 5.37. The number of amides is 1.